The molecule has 7 heteroatoms. The van der Waals surface area contributed by atoms with E-state index in [-0.39, 0.29) is 12.0 Å². The summed E-state index contributed by atoms with van der Waals surface area (Å²) in [6.07, 6.45) is 10.9. The summed E-state index contributed by atoms with van der Waals surface area (Å²) >= 11 is 0. The normalized spacial score (nSPS) is 29.8. The second-order valence-electron chi connectivity index (χ2n) is 9.66. The minimum absolute atomic E-state index is 0.0876. The number of imidazole rings is 1. The minimum Gasteiger partial charge on any atom is -0.380 e. The van der Waals surface area contributed by atoms with Crippen molar-refractivity contribution in [2.45, 2.75) is 56.7 Å². The molecule has 3 heterocycles. The van der Waals surface area contributed by atoms with Crippen LogP contribution in [0.15, 0.2) is 18.6 Å². The van der Waals surface area contributed by atoms with Gasteiger partial charge in [0.25, 0.3) is 5.91 Å². The molecule has 4 atom stereocenters. The van der Waals surface area contributed by atoms with Gasteiger partial charge >= 0.3 is 0 Å². The maximum absolute atomic E-state index is 13.3. The van der Waals surface area contributed by atoms with Crippen LogP contribution in [0.4, 0.5) is 0 Å². The maximum Gasteiger partial charge on any atom is 0.255 e. The van der Waals surface area contributed by atoms with E-state index in [1.165, 1.54) is 25.7 Å². The zero-order chi connectivity index (χ0) is 20.8. The van der Waals surface area contributed by atoms with Gasteiger partial charge in [-0.25, -0.2) is 9.97 Å². The van der Waals surface area contributed by atoms with E-state index in [0.717, 1.165) is 37.1 Å². The number of likely N-dealkylation sites (N-methyl/N-ethyl adjacent to an activating group) is 1. The van der Waals surface area contributed by atoms with Crippen molar-refractivity contribution in [3.63, 3.8) is 0 Å². The van der Waals surface area contributed by atoms with E-state index < -0.39 is 0 Å². The van der Waals surface area contributed by atoms with E-state index in [1.807, 2.05) is 24.4 Å². The highest BCUT2D eigenvalue weighted by molar-refractivity contribution is 5.96. The van der Waals surface area contributed by atoms with Crippen LogP contribution in [-0.4, -0.2) is 76.7 Å². The van der Waals surface area contributed by atoms with Crippen molar-refractivity contribution >= 4 is 17.1 Å². The number of hydrogen-bond acceptors (Lipinski definition) is 5. The Hall–Kier alpha value is -1.99. The summed E-state index contributed by atoms with van der Waals surface area (Å²) in [5, 5.41) is 0. The van der Waals surface area contributed by atoms with Crippen molar-refractivity contribution < 1.29 is 9.53 Å². The Labute approximate surface area is 178 Å². The van der Waals surface area contributed by atoms with E-state index >= 15 is 0 Å². The lowest BCUT2D eigenvalue weighted by Crippen LogP contribution is -2.47. The molecule has 0 unspecified atom stereocenters. The van der Waals surface area contributed by atoms with Crippen LogP contribution in [0.2, 0.25) is 0 Å². The van der Waals surface area contributed by atoms with Crippen molar-refractivity contribution in [3.8, 4) is 0 Å². The molecule has 0 spiro atoms. The van der Waals surface area contributed by atoms with Crippen LogP contribution in [0, 0.1) is 11.8 Å². The van der Waals surface area contributed by atoms with Crippen LogP contribution < -0.4 is 0 Å². The number of ether oxygens (including phenoxy) is 1. The SMILES string of the molecule is CO[C@@H]1C[C@H]2CN(C(=O)c3cnc4c(c3)ncn4C3CCCC3)C[C@H]2C[C@H]1N(C)C. The minimum atomic E-state index is 0.0876. The Morgan fingerprint density at radius 3 is 2.57 bits per heavy atom. The zero-order valence-corrected chi connectivity index (χ0v) is 18.3. The van der Waals surface area contributed by atoms with Crippen LogP contribution in [0.1, 0.15) is 54.9 Å². The molecule has 5 rings (SSSR count). The Bertz CT molecular complexity index is 919. The van der Waals surface area contributed by atoms with Gasteiger partial charge < -0.3 is 19.1 Å². The number of aromatic nitrogens is 3. The van der Waals surface area contributed by atoms with Gasteiger partial charge in [0.1, 0.15) is 5.52 Å². The van der Waals surface area contributed by atoms with E-state index in [9.17, 15) is 4.79 Å². The summed E-state index contributed by atoms with van der Waals surface area (Å²) in [6, 6.07) is 2.85. The molecule has 7 nitrogen and oxygen atoms in total. The van der Waals surface area contributed by atoms with E-state index in [4.69, 9.17) is 4.74 Å². The summed E-state index contributed by atoms with van der Waals surface area (Å²) < 4.78 is 7.98. The molecule has 1 saturated heterocycles. The highest BCUT2D eigenvalue weighted by atomic mass is 16.5. The third-order valence-corrected chi connectivity index (χ3v) is 7.72. The molecule has 0 bridgehead atoms. The first-order chi connectivity index (χ1) is 14.5. The number of nitrogens with zero attached hydrogens (tertiary/aromatic N) is 5. The molecule has 0 N–H and O–H groups in total. The zero-order valence-electron chi connectivity index (χ0n) is 18.3. The number of methoxy groups -OCH3 is 1. The van der Waals surface area contributed by atoms with Gasteiger partial charge in [-0.15, -0.1) is 0 Å². The standard InChI is InChI=1S/C23H33N5O2/c1-26(2)20-9-16-12-27(13-17(16)10-21(20)30-3)23(29)15-8-19-22(24-11-15)28(14-25-19)18-6-4-5-7-18/h8,11,14,16-18,20-21H,4-7,9-10,12-13H2,1-3H3/t16-,17+,20-,21-/m1/s1. The molecule has 0 aromatic carbocycles. The molecular formula is C23H33N5O2. The second-order valence-corrected chi connectivity index (χ2v) is 9.66. The maximum atomic E-state index is 13.3. The quantitative estimate of drug-likeness (QED) is 0.774. The lowest BCUT2D eigenvalue weighted by atomic mass is 9.77. The predicted molar refractivity (Wildman–Crippen MR) is 115 cm³/mol. The second kappa shape index (κ2) is 7.93. The van der Waals surface area contributed by atoms with Gasteiger partial charge in [0.2, 0.25) is 0 Å². The highest BCUT2D eigenvalue weighted by Crippen LogP contribution is 2.39. The molecular weight excluding hydrogens is 378 g/mol. The van der Waals surface area contributed by atoms with Crippen molar-refractivity contribution in [3.05, 3.63) is 24.2 Å². The van der Waals surface area contributed by atoms with Gasteiger partial charge in [-0.3, -0.25) is 4.79 Å². The van der Waals surface area contributed by atoms with E-state index in [0.29, 0.717) is 29.5 Å². The lowest BCUT2D eigenvalue weighted by molar-refractivity contribution is -0.0209. The summed E-state index contributed by atoms with van der Waals surface area (Å²) in [7, 11) is 6.06. The summed E-state index contributed by atoms with van der Waals surface area (Å²) in [5.41, 5.74) is 2.40. The van der Waals surface area contributed by atoms with Crippen LogP contribution in [-0.2, 0) is 4.74 Å². The smallest absolute Gasteiger partial charge is 0.255 e. The largest absolute Gasteiger partial charge is 0.380 e. The average molecular weight is 412 g/mol. The topological polar surface area (TPSA) is 63.5 Å². The van der Waals surface area contributed by atoms with Gasteiger partial charge in [0.15, 0.2) is 5.65 Å². The van der Waals surface area contributed by atoms with E-state index in [1.54, 1.807) is 6.20 Å². The number of pyridine rings is 1. The molecule has 2 saturated carbocycles. The first kappa shape index (κ1) is 19.9. The van der Waals surface area contributed by atoms with Crippen LogP contribution in [0.5, 0.6) is 0 Å². The molecule has 162 valence electrons. The Kier molecular flexibility index (Phi) is 5.27. The van der Waals surface area contributed by atoms with Gasteiger partial charge in [-0.05, 0) is 57.7 Å². The fraction of sp³-hybridized carbons (Fsp3) is 0.696. The molecule has 1 amide bonds. The lowest BCUT2D eigenvalue weighted by Gasteiger charge is -2.40. The third kappa shape index (κ3) is 3.42. The molecule has 2 aliphatic carbocycles. The van der Waals surface area contributed by atoms with Crippen molar-refractivity contribution in [2.24, 2.45) is 11.8 Å². The van der Waals surface area contributed by atoms with Gasteiger partial charge in [0, 0.05) is 38.5 Å². The monoisotopic (exact) mass is 411 g/mol. The number of likely N-dealkylation sites (tertiary alicyclic amines) is 1. The van der Waals surface area contributed by atoms with Crippen LogP contribution >= 0.6 is 0 Å². The van der Waals surface area contributed by atoms with Crippen LogP contribution in [0.3, 0.4) is 0 Å². The van der Waals surface area contributed by atoms with Crippen molar-refractivity contribution in [1.82, 2.24) is 24.3 Å². The van der Waals surface area contributed by atoms with Gasteiger partial charge in [0.05, 0.1) is 18.0 Å². The number of amides is 1. The molecule has 2 aromatic heterocycles. The van der Waals surface area contributed by atoms with Crippen molar-refractivity contribution in [1.29, 1.82) is 0 Å². The third-order valence-electron chi connectivity index (χ3n) is 7.72. The van der Waals surface area contributed by atoms with E-state index in [2.05, 4.69) is 33.5 Å². The fourth-order valence-corrected chi connectivity index (χ4v) is 6.02. The van der Waals surface area contributed by atoms with Gasteiger partial charge in [-0.2, -0.15) is 0 Å². The number of carbonyl (C=O) groups excluding carboxylic acids is 1. The fourth-order valence-electron chi connectivity index (χ4n) is 6.02. The molecule has 2 aromatic rings. The highest BCUT2D eigenvalue weighted by Gasteiger charge is 2.44. The molecule has 3 fully saturated rings. The van der Waals surface area contributed by atoms with Crippen LogP contribution in [0.25, 0.3) is 11.2 Å². The first-order valence-corrected chi connectivity index (χ1v) is 11.4. The Balaban J connectivity index is 1.32. The summed E-state index contributed by atoms with van der Waals surface area (Å²) in [4.78, 5) is 26.8. The summed E-state index contributed by atoms with van der Waals surface area (Å²) in [6.45, 7) is 1.65. The number of rotatable bonds is 4. The number of hydrogen-bond donors (Lipinski definition) is 0. The molecule has 0 radical (unpaired) electrons. The molecule has 1 aliphatic heterocycles. The molecule has 30 heavy (non-hydrogen) atoms. The predicted octanol–water partition coefficient (Wildman–Crippen LogP) is 2.97. The molecule has 3 aliphatic rings. The number of carbonyl (C=O) groups is 1. The first-order valence-electron chi connectivity index (χ1n) is 11.4. The average Bonchev–Trinajstić information content (AvgIpc) is 3.49. The van der Waals surface area contributed by atoms with Crippen molar-refractivity contribution in [2.75, 3.05) is 34.3 Å². The Morgan fingerprint density at radius 2 is 1.87 bits per heavy atom. The number of fused-ring (bicyclic) bond motifs is 2. The van der Waals surface area contributed by atoms with Gasteiger partial charge in [-0.1, -0.05) is 12.8 Å². The summed E-state index contributed by atoms with van der Waals surface area (Å²) in [5.74, 6) is 1.16. The Morgan fingerprint density at radius 1 is 1.13 bits per heavy atom.